The van der Waals surface area contributed by atoms with Crippen LogP contribution >= 0.6 is 0 Å². The van der Waals surface area contributed by atoms with Crippen LogP contribution in [-0.2, 0) is 4.74 Å². The molecule has 0 bridgehead atoms. The first kappa shape index (κ1) is 16.9. The molecule has 0 radical (unpaired) electrons. The molecule has 1 rings (SSSR count). The van der Waals surface area contributed by atoms with Crippen molar-refractivity contribution in [3.63, 3.8) is 0 Å². The average Bonchev–Trinajstić information content (AvgIpc) is 2.40. The first-order valence-electron chi connectivity index (χ1n) is 8.10. The Labute approximate surface area is 120 Å². The molecule has 1 aliphatic rings. The van der Waals surface area contributed by atoms with E-state index in [-0.39, 0.29) is 0 Å². The largest absolute Gasteiger partial charge is 0.377 e. The van der Waals surface area contributed by atoms with Crippen molar-refractivity contribution in [2.24, 2.45) is 5.41 Å². The quantitative estimate of drug-likeness (QED) is 0.652. The Balaban J connectivity index is 2.31. The predicted molar refractivity (Wildman–Crippen MR) is 82.6 cm³/mol. The third-order valence-corrected chi connectivity index (χ3v) is 4.27. The van der Waals surface area contributed by atoms with Crippen LogP contribution in [0.4, 0.5) is 0 Å². The summed E-state index contributed by atoms with van der Waals surface area (Å²) in [6, 6.07) is 0. The third-order valence-electron chi connectivity index (χ3n) is 4.27. The SMILES string of the molecule is CCCNCC(C)(CC)CN(C)CC1CCCCO1. The van der Waals surface area contributed by atoms with Gasteiger partial charge in [0.25, 0.3) is 0 Å². The molecule has 0 aromatic rings. The average molecular weight is 270 g/mol. The molecule has 2 atom stereocenters. The molecule has 0 aliphatic carbocycles. The van der Waals surface area contributed by atoms with E-state index in [2.05, 4.69) is 38.0 Å². The van der Waals surface area contributed by atoms with Gasteiger partial charge in [-0.15, -0.1) is 0 Å². The lowest BCUT2D eigenvalue weighted by Gasteiger charge is -2.35. The minimum Gasteiger partial charge on any atom is -0.377 e. The van der Waals surface area contributed by atoms with Crippen LogP contribution in [0.3, 0.4) is 0 Å². The van der Waals surface area contributed by atoms with E-state index in [1.54, 1.807) is 0 Å². The van der Waals surface area contributed by atoms with Gasteiger partial charge < -0.3 is 15.0 Å². The van der Waals surface area contributed by atoms with E-state index < -0.39 is 0 Å². The van der Waals surface area contributed by atoms with E-state index in [0.717, 1.165) is 32.8 Å². The Morgan fingerprint density at radius 3 is 2.68 bits per heavy atom. The van der Waals surface area contributed by atoms with Gasteiger partial charge in [0.1, 0.15) is 0 Å². The number of hydrogen-bond donors (Lipinski definition) is 1. The van der Waals surface area contributed by atoms with Crippen molar-refractivity contribution in [2.75, 3.05) is 39.8 Å². The molecule has 3 nitrogen and oxygen atoms in total. The Bertz CT molecular complexity index is 229. The van der Waals surface area contributed by atoms with Crippen LogP contribution in [0.25, 0.3) is 0 Å². The van der Waals surface area contributed by atoms with Crippen molar-refractivity contribution in [2.45, 2.75) is 59.0 Å². The number of ether oxygens (including phenoxy) is 1. The van der Waals surface area contributed by atoms with Crippen LogP contribution in [-0.4, -0.2) is 50.8 Å². The number of nitrogens with one attached hydrogen (secondary N) is 1. The molecular formula is C16H34N2O. The maximum atomic E-state index is 5.84. The van der Waals surface area contributed by atoms with Crippen LogP contribution in [0.1, 0.15) is 52.9 Å². The molecule has 0 saturated carbocycles. The summed E-state index contributed by atoms with van der Waals surface area (Å²) in [5.74, 6) is 0. The van der Waals surface area contributed by atoms with Gasteiger partial charge in [0.2, 0.25) is 0 Å². The smallest absolute Gasteiger partial charge is 0.0701 e. The molecule has 1 saturated heterocycles. The summed E-state index contributed by atoms with van der Waals surface area (Å²) in [7, 11) is 2.24. The fourth-order valence-electron chi connectivity index (χ4n) is 2.87. The molecule has 0 aromatic heterocycles. The first-order chi connectivity index (χ1) is 9.09. The Morgan fingerprint density at radius 1 is 1.32 bits per heavy atom. The van der Waals surface area contributed by atoms with E-state index in [9.17, 15) is 0 Å². The molecule has 1 fully saturated rings. The fraction of sp³-hybridized carbons (Fsp3) is 1.00. The minimum atomic E-state index is 0.374. The van der Waals surface area contributed by atoms with Gasteiger partial charge in [-0.3, -0.25) is 0 Å². The summed E-state index contributed by atoms with van der Waals surface area (Å²) in [5, 5.41) is 3.58. The lowest BCUT2D eigenvalue weighted by molar-refractivity contribution is -0.00720. The molecule has 0 amide bonds. The van der Waals surface area contributed by atoms with Gasteiger partial charge in [0, 0.05) is 26.2 Å². The molecular weight excluding hydrogens is 236 g/mol. The van der Waals surface area contributed by atoms with E-state index in [1.165, 1.54) is 32.1 Å². The van der Waals surface area contributed by atoms with E-state index in [1.807, 2.05) is 0 Å². The van der Waals surface area contributed by atoms with Gasteiger partial charge in [-0.1, -0.05) is 20.8 Å². The van der Waals surface area contributed by atoms with E-state index in [0.29, 0.717) is 11.5 Å². The number of likely N-dealkylation sites (N-methyl/N-ethyl adjacent to an activating group) is 1. The van der Waals surface area contributed by atoms with Crippen molar-refractivity contribution in [1.29, 1.82) is 0 Å². The maximum absolute atomic E-state index is 5.84. The second kappa shape index (κ2) is 8.93. The van der Waals surface area contributed by atoms with Gasteiger partial charge in [-0.2, -0.15) is 0 Å². The highest BCUT2D eigenvalue weighted by molar-refractivity contribution is 4.80. The van der Waals surface area contributed by atoms with E-state index >= 15 is 0 Å². The van der Waals surface area contributed by atoms with Crippen LogP contribution in [0.2, 0.25) is 0 Å². The van der Waals surface area contributed by atoms with Crippen LogP contribution in [0.5, 0.6) is 0 Å². The lowest BCUT2D eigenvalue weighted by atomic mass is 9.86. The molecule has 114 valence electrons. The van der Waals surface area contributed by atoms with Gasteiger partial charge in [-0.25, -0.2) is 0 Å². The summed E-state index contributed by atoms with van der Waals surface area (Å²) in [6.07, 6.45) is 6.71. The zero-order valence-corrected chi connectivity index (χ0v) is 13.5. The highest BCUT2D eigenvalue weighted by atomic mass is 16.5. The zero-order valence-electron chi connectivity index (χ0n) is 13.5. The van der Waals surface area contributed by atoms with E-state index in [4.69, 9.17) is 4.74 Å². The van der Waals surface area contributed by atoms with Crippen molar-refractivity contribution in [3.05, 3.63) is 0 Å². The Hall–Kier alpha value is -0.120. The number of hydrogen-bond acceptors (Lipinski definition) is 3. The summed E-state index contributed by atoms with van der Waals surface area (Å²) in [5.41, 5.74) is 0.374. The fourth-order valence-corrected chi connectivity index (χ4v) is 2.87. The Morgan fingerprint density at radius 2 is 2.11 bits per heavy atom. The summed E-state index contributed by atoms with van der Waals surface area (Å²) in [4.78, 5) is 2.47. The molecule has 0 aromatic carbocycles. The van der Waals surface area contributed by atoms with Gasteiger partial charge in [-0.05, 0) is 51.1 Å². The standard InChI is InChI=1S/C16H34N2O/c1-5-10-17-13-16(3,6-2)14-18(4)12-15-9-7-8-11-19-15/h15,17H,5-14H2,1-4H3. The van der Waals surface area contributed by atoms with Gasteiger partial charge >= 0.3 is 0 Å². The molecule has 1 heterocycles. The third kappa shape index (κ3) is 6.73. The minimum absolute atomic E-state index is 0.374. The molecule has 1 N–H and O–H groups in total. The highest BCUT2D eigenvalue weighted by Crippen LogP contribution is 2.22. The first-order valence-corrected chi connectivity index (χ1v) is 8.10. The zero-order chi connectivity index (χ0) is 14.1. The summed E-state index contributed by atoms with van der Waals surface area (Å²) >= 11 is 0. The maximum Gasteiger partial charge on any atom is 0.0701 e. The lowest BCUT2D eigenvalue weighted by Crippen LogP contribution is -2.43. The second-order valence-corrected chi connectivity index (χ2v) is 6.53. The van der Waals surface area contributed by atoms with Crippen molar-refractivity contribution in [1.82, 2.24) is 10.2 Å². The molecule has 1 aliphatic heterocycles. The molecule has 19 heavy (non-hydrogen) atoms. The van der Waals surface area contributed by atoms with Crippen LogP contribution in [0, 0.1) is 5.41 Å². The molecule has 2 unspecified atom stereocenters. The normalized spacial score (nSPS) is 23.5. The highest BCUT2D eigenvalue weighted by Gasteiger charge is 2.25. The predicted octanol–water partition coefficient (Wildman–Crippen LogP) is 2.90. The number of rotatable bonds is 9. The van der Waals surface area contributed by atoms with Gasteiger partial charge in [0.05, 0.1) is 6.10 Å². The topological polar surface area (TPSA) is 24.5 Å². The van der Waals surface area contributed by atoms with Gasteiger partial charge in [0.15, 0.2) is 0 Å². The van der Waals surface area contributed by atoms with Crippen LogP contribution in [0.15, 0.2) is 0 Å². The number of nitrogens with zero attached hydrogens (tertiary/aromatic N) is 1. The molecule has 3 heteroatoms. The van der Waals surface area contributed by atoms with Crippen molar-refractivity contribution >= 4 is 0 Å². The van der Waals surface area contributed by atoms with Crippen molar-refractivity contribution in [3.8, 4) is 0 Å². The summed E-state index contributed by atoms with van der Waals surface area (Å²) < 4.78 is 5.84. The second-order valence-electron chi connectivity index (χ2n) is 6.53. The van der Waals surface area contributed by atoms with Crippen molar-refractivity contribution < 1.29 is 4.74 Å². The molecule has 0 spiro atoms. The monoisotopic (exact) mass is 270 g/mol. The Kier molecular flexibility index (Phi) is 7.96. The summed E-state index contributed by atoms with van der Waals surface area (Å²) in [6.45, 7) is 12.4. The van der Waals surface area contributed by atoms with Crippen LogP contribution < -0.4 is 5.32 Å².